The molecule has 1 aromatic carbocycles. The van der Waals surface area contributed by atoms with Crippen LogP contribution in [0.15, 0.2) is 29.3 Å². The summed E-state index contributed by atoms with van der Waals surface area (Å²) in [7, 11) is 3.59. The van der Waals surface area contributed by atoms with Crippen molar-refractivity contribution in [3.05, 3.63) is 35.4 Å². The lowest BCUT2D eigenvalue weighted by Gasteiger charge is -2.35. The Morgan fingerprint density at radius 2 is 1.84 bits per heavy atom. The molecular weight excluding hydrogens is 388 g/mol. The molecule has 2 aliphatic heterocycles. The van der Waals surface area contributed by atoms with Gasteiger partial charge in [0.1, 0.15) is 0 Å². The summed E-state index contributed by atoms with van der Waals surface area (Å²) in [6, 6.07) is 8.85. The van der Waals surface area contributed by atoms with Crippen LogP contribution < -0.4 is 5.32 Å². The lowest BCUT2D eigenvalue weighted by molar-refractivity contribution is 0.0536. The molecule has 0 spiro atoms. The molecule has 0 aliphatic carbocycles. The monoisotopic (exact) mass is 430 g/mol. The molecule has 2 saturated heterocycles. The van der Waals surface area contributed by atoms with Crippen LogP contribution in [0, 0.1) is 17.8 Å². The van der Waals surface area contributed by atoms with Gasteiger partial charge in [-0.2, -0.15) is 0 Å². The first-order valence-corrected chi connectivity index (χ1v) is 11.9. The minimum Gasteiger partial charge on any atom is -0.382 e. The molecule has 6 heteroatoms. The average molecular weight is 431 g/mol. The van der Waals surface area contributed by atoms with Gasteiger partial charge in [-0.05, 0) is 35.8 Å². The largest absolute Gasteiger partial charge is 0.382 e. The SMILES string of the molecule is CN=C(NCc1ccccc1CN1CC(C)CC(C)C1)N1CCC(COCCOC)C1. The second kappa shape index (κ2) is 12.4. The molecule has 2 fully saturated rings. The first kappa shape index (κ1) is 24.0. The van der Waals surface area contributed by atoms with E-state index in [0.717, 1.165) is 57.0 Å². The summed E-state index contributed by atoms with van der Waals surface area (Å²) in [5.74, 6) is 3.13. The third kappa shape index (κ3) is 7.48. The fourth-order valence-corrected chi connectivity index (χ4v) is 5.11. The summed E-state index contributed by atoms with van der Waals surface area (Å²) in [5.41, 5.74) is 2.80. The van der Waals surface area contributed by atoms with Gasteiger partial charge in [-0.1, -0.05) is 38.1 Å². The Morgan fingerprint density at radius 1 is 1.10 bits per heavy atom. The third-order valence-electron chi connectivity index (χ3n) is 6.48. The van der Waals surface area contributed by atoms with Crippen LogP contribution in [0.1, 0.15) is 37.8 Å². The highest BCUT2D eigenvalue weighted by Gasteiger charge is 2.25. The second-order valence-electron chi connectivity index (χ2n) is 9.48. The Hall–Kier alpha value is -1.63. The van der Waals surface area contributed by atoms with E-state index in [9.17, 15) is 0 Å². The molecule has 3 rings (SSSR count). The van der Waals surface area contributed by atoms with Crippen LogP contribution in [-0.4, -0.2) is 75.9 Å². The topological polar surface area (TPSA) is 49.3 Å². The van der Waals surface area contributed by atoms with E-state index in [1.165, 1.54) is 30.6 Å². The van der Waals surface area contributed by atoms with Gasteiger partial charge in [0, 0.05) is 59.3 Å². The van der Waals surface area contributed by atoms with E-state index in [0.29, 0.717) is 19.1 Å². The van der Waals surface area contributed by atoms with Crippen molar-refractivity contribution in [3.63, 3.8) is 0 Å². The van der Waals surface area contributed by atoms with Gasteiger partial charge in [-0.15, -0.1) is 0 Å². The zero-order chi connectivity index (χ0) is 22.1. The first-order valence-electron chi connectivity index (χ1n) is 11.9. The maximum atomic E-state index is 5.74. The predicted octanol–water partition coefficient (Wildman–Crippen LogP) is 3.22. The van der Waals surface area contributed by atoms with E-state index >= 15 is 0 Å². The summed E-state index contributed by atoms with van der Waals surface area (Å²) in [6.07, 6.45) is 2.50. The van der Waals surface area contributed by atoms with Crippen molar-refractivity contribution in [2.24, 2.45) is 22.7 Å². The van der Waals surface area contributed by atoms with Crippen LogP contribution >= 0.6 is 0 Å². The molecule has 2 heterocycles. The van der Waals surface area contributed by atoms with Crippen LogP contribution in [-0.2, 0) is 22.6 Å². The van der Waals surface area contributed by atoms with Crippen molar-refractivity contribution in [1.82, 2.24) is 15.1 Å². The fourth-order valence-electron chi connectivity index (χ4n) is 5.11. The van der Waals surface area contributed by atoms with E-state index < -0.39 is 0 Å². The Labute approximate surface area is 189 Å². The summed E-state index contributed by atoms with van der Waals surface area (Å²) >= 11 is 0. The highest BCUT2D eigenvalue weighted by molar-refractivity contribution is 5.80. The molecular formula is C25H42N4O2. The number of rotatable bonds is 9. The van der Waals surface area contributed by atoms with Gasteiger partial charge in [0.15, 0.2) is 5.96 Å². The molecule has 0 aromatic heterocycles. The van der Waals surface area contributed by atoms with Gasteiger partial charge < -0.3 is 19.7 Å². The molecule has 3 atom stereocenters. The number of aliphatic imine (C=N–C) groups is 1. The minimum absolute atomic E-state index is 0.561. The van der Waals surface area contributed by atoms with Gasteiger partial charge in [-0.3, -0.25) is 9.89 Å². The van der Waals surface area contributed by atoms with Crippen molar-refractivity contribution in [2.75, 3.05) is 60.2 Å². The highest BCUT2D eigenvalue weighted by Crippen LogP contribution is 2.23. The Morgan fingerprint density at radius 3 is 2.55 bits per heavy atom. The number of hydrogen-bond donors (Lipinski definition) is 1. The molecule has 6 nitrogen and oxygen atoms in total. The molecule has 174 valence electrons. The van der Waals surface area contributed by atoms with Gasteiger partial charge in [-0.25, -0.2) is 0 Å². The number of piperidine rings is 1. The average Bonchev–Trinajstić information content (AvgIpc) is 3.21. The lowest BCUT2D eigenvalue weighted by Crippen LogP contribution is -2.40. The molecule has 3 unspecified atom stereocenters. The number of nitrogens with zero attached hydrogens (tertiary/aromatic N) is 3. The van der Waals surface area contributed by atoms with Gasteiger partial charge in [0.2, 0.25) is 0 Å². The van der Waals surface area contributed by atoms with E-state index in [2.05, 4.69) is 58.2 Å². The number of methoxy groups -OCH3 is 1. The van der Waals surface area contributed by atoms with Crippen LogP contribution in [0.5, 0.6) is 0 Å². The maximum absolute atomic E-state index is 5.74. The summed E-state index contributed by atoms with van der Waals surface area (Å²) in [4.78, 5) is 9.54. The Kier molecular flexibility index (Phi) is 9.62. The second-order valence-corrected chi connectivity index (χ2v) is 9.48. The van der Waals surface area contributed by atoms with Gasteiger partial charge in [0.25, 0.3) is 0 Å². The summed E-state index contributed by atoms with van der Waals surface area (Å²) in [5, 5.41) is 3.62. The lowest BCUT2D eigenvalue weighted by atomic mass is 9.91. The number of guanidine groups is 1. The molecule has 0 radical (unpaired) electrons. The van der Waals surface area contributed by atoms with Crippen molar-refractivity contribution >= 4 is 5.96 Å². The highest BCUT2D eigenvalue weighted by atomic mass is 16.5. The van der Waals surface area contributed by atoms with Gasteiger partial charge in [0.05, 0.1) is 19.8 Å². The van der Waals surface area contributed by atoms with E-state index in [4.69, 9.17) is 9.47 Å². The van der Waals surface area contributed by atoms with Crippen molar-refractivity contribution in [2.45, 2.75) is 39.8 Å². The predicted molar refractivity (Wildman–Crippen MR) is 127 cm³/mol. The number of likely N-dealkylation sites (tertiary alicyclic amines) is 2. The molecule has 0 amide bonds. The van der Waals surface area contributed by atoms with Crippen molar-refractivity contribution in [3.8, 4) is 0 Å². The smallest absolute Gasteiger partial charge is 0.193 e. The first-order chi connectivity index (χ1) is 15.1. The third-order valence-corrected chi connectivity index (χ3v) is 6.48. The van der Waals surface area contributed by atoms with Gasteiger partial charge >= 0.3 is 0 Å². The molecule has 1 aromatic rings. The molecule has 0 bridgehead atoms. The Balaban J connectivity index is 1.51. The fraction of sp³-hybridized carbons (Fsp3) is 0.720. The summed E-state index contributed by atoms with van der Waals surface area (Å²) in [6.45, 7) is 13.2. The quantitative estimate of drug-likeness (QED) is 0.370. The molecule has 1 N–H and O–H groups in total. The zero-order valence-electron chi connectivity index (χ0n) is 20.0. The van der Waals surface area contributed by atoms with E-state index in [1.54, 1.807) is 7.11 Å². The van der Waals surface area contributed by atoms with Crippen LogP contribution in [0.4, 0.5) is 0 Å². The number of hydrogen-bond acceptors (Lipinski definition) is 4. The zero-order valence-corrected chi connectivity index (χ0v) is 20.0. The normalized spacial score (nSPS) is 25.2. The Bertz CT molecular complexity index is 686. The molecule has 2 aliphatic rings. The number of nitrogens with one attached hydrogen (secondary N) is 1. The van der Waals surface area contributed by atoms with Crippen molar-refractivity contribution in [1.29, 1.82) is 0 Å². The minimum atomic E-state index is 0.561. The van der Waals surface area contributed by atoms with Crippen molar-refractivity contribution < 1.29 is 9.47 Å². The maximum Gasteiger partial charge on any atom is 0.193 e. The molecule has 0 saturated carbocycles. The van der Waals surface area contributed by atoms with E-state index in [1.807, 2.05) is 7.05 Å². The standard InChI is InChI=1S/C25H42N4O2/c1-20-13-21(2)16-28(15-20)18-24-8-6-5-7-23(24)14-27-25(26-3)29-10-9-22(17-29)19-31-12-11-30-4/h5-8,20-22H,9-19H2,1-4H3,(H,26,27). The number of benzene rings is 1. The van der Waals surface area contributed by atoms with Crippen LogP contribution in [0.25, 0.3) is 0 Å². The van der Waals surface area contributed by atoms with E-state index in [-0.39, 0.29) is 0 Å². The number of ether oxygens (including phenoxy) is 2. The van der Waals surface area contributed by atoms with Crippen LogP contribution in [0.2, 0.25) is 0 Å². The summed E-state index contributed by atoms with van der Waals surface area (Å²) < 4.78 is 10.8. The van der Waals surface area contributed by atoms with Crippen LogP contribution in [0.3, 0.4) is 0 Å². The molecule has 31 heavy (non-hydrogen) atoms.